The fourth-order valence-electron chi connectivity index (χ4n) is 6.54. The minimum Gasteiger partial charge on any atom is -0.544 e. The summed E-state index contributed by atoms with van der Waals surface area (Å²) in [4.78, 5) is 37.0. The number of unbranched alkanes of at least 4 members (excludes halogenated alkanes) is 14. The molecule has 8 nitrogen and oxygen atoms in total. The predicted octanol–water partition coefficient (Wildman–Crippen LogP) is 12.4. The average molecular weight is 852 g/mol. The Bertz CT molecular complexity index is 1270. The molecule has 0 bridgehead atoms. The first-order valence-electron chi connectivity index (χ1n) is 24.1. The molecule has 0 radical (unpaired) electrons. The van der Waals surface area contributed by atoms with E-state index in [2.05, 4.69) is 98.9 Å². The highest BCUT2D eigenvalue weighted by atomic mass is 16.6. The number of carbonyl (C=O) groups is 3. The zero-order valence-corrected chi connectivity index (χ0v) is 39.5. The first-order chi connectivity index (χ1) is 29.6. The molecule has 0 saturated heterocycles. The topological polar surface area (TPSA) is 102 Å². The lowest BCUT2D eigenvalue weighted by Crippen LogP contribution is -2.55. The van der Waals surface area contributed by atoms with E-state index in [0.29, 0.717) is 12.8 Å². The van der Waals surface area contributed by atoms with Gasteiger partial charge in [-0.1, -0.05) is 157 Å². The fraction of sp³-hybridized carbons (Fsp3) is 0.679. The number of nitrogens with zero attached hydrogens (tertiary/aromatic N) is 1. The molecule has 0 aromatic rings. The van der Waals surface area contributed by atoms with Crippen molar-refractivity contribution in [3.63, 3.8) is 0 Å². The summed E-state index contributed by atoms with van der Waals surface area (Å²) in [6, 6.07) is -0.738. The third-order valence-corrected chi connectivity index (χ3v) is 10.3. The van der Waals surface area contributed by atoms with E-state index in [4.69, 9.17) is 14.2 Å². The first-order valence-corrected chi connectivity index (χ1v) is 24.1. The Balaban J connectivity index is 4.39. The van der Waals surface area contributed by atoms with Crippen LogP contribution in [0.5, 0.6) is 0 Å². The smallest absolute Gasteiger partial charge is 0.306 e. The van der Waals surface area contributed by atoms with Crippen molar-refractivity contribution in [2.75, 3.05) is 41.0 Å². The van der Waals surface area contributed by atoms with Gasteiger partial charge in [-0.15, -0.1) is 0 Å². The van der Waals surface area contributed by atoms with Crippen molar-refractivity contribution in [2.45, 2.75) is 193 Å². The van der Waals surface area contributed by atoms with E-state index in [0.717, 1.165) is 83.5 Å². The van der Waals surface area contributed by atoms with Crippen molar-refractivity contribution in [1.29, 1.82) is 0 Å². The van der Waals surface area contributed by atoms with Gasteiger partial charge in [0.25, 0.3) is 0 Å². The largest absolute Gasteiger partial charge is 0.544 e. The van der Waals surface area contributed by atoms with Crippen molar-refractivity contribution >= 4 is 17.9 Å². The maximum atomic E-state index is 12.8. The number of likely N-dealkylation sites (N-methyl/N-ethyl adjacent to an activating group) is 1. The highest BCUT2D eigenvalue weighted by Gasteiger charge is 2.25. The lowest BCUT2D eigenvalue weighted by atomic mass is 10.1. The Labute approximate surface area is 373 Å². The molecule has 0 spiro atoms. The summed E-state index contributed by atoms with van der Waals surface area (Å²) in [6.07, 6.45) is 56.0. The van der Waals surface area contributed by atoms with Crippen LogP contribution in [0.1, 0.15) is 181 Å². The van der Waals surface area contributed by atoms with Crippen LogP contribution in [-0.4, -0.2) is 75.5 Å². The normalized spacial score (nSPS) is 13.7. The van der Waals surface area contributed by atoms with Gasteiger partial charge in [0.1, 0.15) is 12.6 Å². The summed E-state index contributed by atoms with van der Waals surface area (Å²) in [5.74, 6) is -1.80. The fourth-order valence-corrected chi connectivity index (χ4v) is 6.54. The van der Waals surface area contributed by atoms with Gasteiger partial charge in [0.15, 0.2) is 6.10 Å². The number of carbonyl (C=O) groups excluding carboxylic acids is 3. The van der Waals surface area contributed by atoms with E-state index in [9.17, 15) is 19.5 Å². The minimum absolute atomic E-state index is 0.0199. The molecule has 0 saturated carbocycles. The molecule has 2 unspecified atom stereocenters. The minimum atomic E-state index is -1.13. The van der Waals surface area contributed by atoms with E-state index < -0.39 is 18.1 Å². The number of esters is 2. The molecule has 0 aromatic heterocycles. The van der Waals surface area contributed by atoms with Crippen LogP contribution < -0.4 is 5.11 Å². The summed E-state index contributed by atoms with van der Waals surface area (Å²) in [5, 5.41) is 11.6. The Kier molecular flexibility index (Phi) is 40.7. The molecule has 61 heavy (non-hydrogen) atoms. The molecule has 348 valence electrons. The van der Waals surface area contributed by atoms with Crippen LogP contribution >= 0.6 is 0 Å². The van der Waals surface area contributed by atoms with E-state index in [1.165, 1.54) is 57.8 Å². The van der Waals surface area contributed by atoms with Crippen molar-refractivity contribution in [3.05, 3.63) is 85.1 Å². The molecule has 8 heteroatoms. The molecule has 0 rings (SSSR count). The second-order valence-electron chi connectivity index (χ2n) is 17.0. The van der Waals surface area contributed by atoms with Gasteiger partial charge in [0.05, 0.1) is 40.3 Å². The third-order valence-electron chi connectivity index (χ3n) is 10.3. The number of hydrogen-bond acceptors (Lipinski definition) is 7. The number of carboxylic acid groups (broad SMARTS) is 1. The highest BCUT2D eigenvalue weighted by Crippen LogP contribution is 2.13. The van der Waals surface area contributed by atoms with Crippen molar-refractivity contribution in [1.82, 2.24) is 0 Å². The van der Waals surface area contributed by atoms with Crippen LogP contribution in [0.3, 0.4) is 0 Å². The van der Waals surface area contributed by atoms with E-state index in [-0.39, 0.29) is 49.1 Å². The van der Waals surface area contributed by atoms with Crippen LogP contribution in [0.4, 0.5) is 0 Å². The molecule has 2 atom stereocenters. The van der Waals surface area contributed by atoms with Crippen LogP contribution in [0.2, 0.25) is 0 Å². The molecular weight excluding hydrogens is 763 g/mol. The number of carboxylic acids is 1. The van der Waals surface area contributed by atoms with Crippen LogP contribution in [0.25, 0.3) is 0 Å². The molecular formula is C53H89NO7. The van der Waals surface area contributed by atoms with Gasteiger partial charge in [-0.25, -0.2) is 0 Å². The summed E-state index contributed by atoms with van der Waals surface area (Å²) < 4.78 is 17.2. The quantitative estimate of drug-likeness (QED) is 0.0261. The molecule has 0 N–H and O–H groups in total. The summed E-state index contributed by atoms with van der Waals surface area (Å²) >= 11 is 0. The second kappa shape index (κ2) is 43.2. The number of quaternary nitrogens is 1. The van der Waals surface area contributed by atoms with Gasteiger partial charge < -0.3 is 28.6 Å². The molecule has 0 aliphatic rings. The van der Waals surface area contributed by atoms with Gasteiger partial charge in [0.2, 0.25) is 0 Å². The summed E-state index contributed by atoms with van der Waals surface area (Å²) in [5.41, 5.74) is 0. The van der Waals surface area contributed by atoms with E-state index >= 15 is 0 Å². The molecule has 0 amide bonds. The standard InChI is InChI=1S/C53H89NO7/c1-6-8-10-12-14-16-18-20-22-24-26-28-30-32-34-36-38-40-42-44-52(56)61-49(47-59-46-45-50(53(57)58)54(3,4)5)48-60-51(55)43-41-39-37-35-33-31-29-27-25-23-21-19-17-15-13-11-9-7-2/h8,10,14,16-17,19-20,22-23,25-26,28,32,34,49-50H,6-7,9,11-13,15,18,21,24,27,29-31,33,35-48H2,1-5H3/b10-8-,16-14-,19-17-,22-20-,25-23-,28-26-,34-32-. The number of rotatable bonds is 42. The lowest BCUT2D eigenvalue weighted by molar-refractivity contribution is -0.889. The maximum Gasteiger partial charge on any atom is 0.306 e. The first kappa shape index (κ1) is 57.5. The molecule has 0 aromatic carbocycles. The Morgan fingerprint density at radius 1 is 0.508 bits per heavy atom. The van der Waals surface area contributed by atoms with Gasteiger partial charge in [0, 0.05) is 19.3 Å². The van der Waals surface area contributed by atoms with Crippen molar-refractivity contribution in [3.8, 4) is 0 Å². The van der Waals surface area contributed by atoms with Gasteiger partial charge >= 0.3 is 11.9 Å². The predicted molar refractivity (Wildman–Crippen MR) is 254 cm³/mol. The Hall–Kier alpha value is -3.49. The highest BCUT2D eigenvalue weighted by molar-refractivity contribution is 5.70. The van der Waals surface area contributed by atoms with Crippen molar-refractivity contribution < 1.29 is 38.2 Å². The van der Waals surface area contributed by atoms with E-state index in [1.54, 1.807) is 21.1 Å². The molecule has 0 aliphatic carbocycles. The van der Waals surface area contributed by atoms with E-state index in [1.807, 2.05) is 0 Å². The van der Waals surface area contributed by atoms with Crippen LogP contribution in [-0.2, 0) is 28.6 Å². The lowest BCUT2D eigenvalue weighted by Gasteiger charge is -2.34. The monoisotopic (exact) mass is 852 g/mol. The molecule has 0 aliphatic heterocycles. The molecule has 0 fully saturated rings. The number of hydrogen-bond donors (Lipinski definition) is 0. The second-order valence-corrected chi connectivity index (χ2v) is 17.0. The zero-order valence-electron chi connectivity index (χ0n) is 39.5. The number of aliphatic carboxylic acids is 1. The van der Waals surface area contributed by atoms with Gasteiger partial charge in [-0.3, -0.25) is 9.59 Å². The SMILES string of the molecule is CC/C=C\C/C=C\C/C=C\C/C=C\C/C=C\CCCCCC(=O)OC(COCCC(C(=O)[O-])[N+](C)(C)C)COC(=O)CCCCCCCCC/C=C\C/C=C\CCCCCC. The number of ether oxygens (including phenoxy) is 3. The maximum absolute atomic E-state index is 12.8. The summed E-state index contributed by atoms with van der Waals surface area (Å²) in [6.45, 7) is 4.48. The van der Waals surface area contributed by atoms with Crippen LogP contribution in [0.15, 0.2) is 85.1 Å². The van der Waals surface area contributed by atoms with Gasteiger partial charge in [-0.2, -0.15) is 0 Å². The molecule has 0 heterocycles. The number of allylic oxidation sites excluding steroid dienone is 14. The zero-order chi connectivity index (χ0) is 44.9. The average Bonchev–Trinajstić information content (AvgIpc) is 3.22. The Morgan fingerprint density at radius 2 is 0.918 bits per heavy atom. The van der Waals surface area contributed by atoms with Gasteiger partial charge in [-0.05, 0) is 89.9 Å². The van der Waals surface area contributed by atoms with Crippen LogP contribution in [0, 0.1) is 0 Å². The third kappa shape index (κ3) is 41.6. The Morgan fingerprint density at radius 3 is 1.38 bits per heavy atom. The van der Waals surface area contributed by atoms with Crippen molar-refractivity contribution in [2.24, 2.45) is 0 Å². The summed E-state index contributed by atoms with van der Waals surface area (Å²) in [7, 11) is 5.39.